The SMILES string of the molecule is CCNC(=O)c1ccc(Oc2cc(Cl)c(Cl)cc2N)nn1. The van der Waals surface area contributed by atoms with Gasteiger partial charge in [0.1, 0.15) is 0 Å². The van der Waals surface area contributed by atoms with Crippen LogP contribution >= 0.6 is 23.2 Å². The molecule has 0 bridgehead atoms. The lowest BCUT2D eigenvalue weighted by Gasteiger charge is -2.08. The van der Waals surface area contributed by atoms with Crippen LogP contribution < -0.4 is 15.8 Å². The lowest BCUT2D eigenvalue weighted by molar-refractivity contribution is 0.0949. The molecule has 0 saturated heterocycles. The van der Waals surface area contributed by atoms with Gasteiger partial charge in [-0.3, -0.25) is 4.79 Å². The Morgan fingerprint density at radius 2 is 2.00 bits per heavy atom. The monoisotopic (exact) mass is 326 g/mol. The third-order valence-electron chi connectivity index (χ3n) is 2.48. The molecule has 0 radical (unpaired) electrons. The fraction of sp³-hybridized carbons (Fsp3) is 0.154. The highest BCUT2D eigenvalue weighted by Gasteiger charge is 2.10. The van der Waals surface area contributed by atoms with Crippen LogP contribution in [0.1, 0.15) is 17.4 Å². The average Bonchev–Trinajstić information content (AvgIpc) is 2.46. The Hall–Kier alpha value is -2.05. The Labute approximate surface area is 131 Å². The molecule has 21 heavy (non-hydrogen) atoms. The van der Waals surface area contributed by atoms with E-state index in [9.17, 15) is 4.79 Å². The zero-order chi connectivity index (χ0) is 15.4. The third kappa shape index (κ3) is 3.74. The van der Waals surface area contributed by atoms with Crippen molar-refractivity contribution in [3.63, 3.8) is 0 Å². The van der Waals surface area contributed by atoms with Crippen molar-refractivity contribution in [1.82, 2.24) is 15.5 Å². The minimum atomic E-state index is -0.300. The third-order valence-corrected chi connectivity index (χ3v) is 3.20. The Morgan fingerprint density at radius 1 is 1.29 bits per heavy atom. The van der Waals surface area contributed by atoms with Gasteiger partial charge in [-0.15, -0.1) is 10.2 Å². The number of nitrogens with one attached hydrogen (secondary N) is 1. The molecule has 6 nitrogen and oxygen atoms in total. The Bertz CT molecular complexity index is 662. The number of hydrogen-bond donors (Lipinski definition) is 2. The van der Waals surface area contributed by atoms with Gasteiger partial charge in [0, 0.05) is 18.7 Å². The standard InChI is InChI=1S/C13H12Cl2N4O2/c1-2-17-13(20)10-3-4-12(19-18-10)21-11-6-8(15)7(14)5-9(11)16/h3-6H,2,16H2,1H3,(H,17,20). The molecular weight excluding hydrogens is 315 g/mol. The molecule has 1 aromatic carbocycles. The summed E-state index contributed by atoms with van der Waals surface area (Å²) in [5.41, 5.74) is 6.29. The number of nitrogens with zero attached hydrogens (tertiary/aromatic N) is 2. The average molecular weight is 327 g/mol. The van der Waals surface area contributed by atoms with Gasteiger partial charge in [-0.2, -0.15) is 0 Å². The summed E-state index contributed by atoms with van der Waals surface area (Å²) in [5, 5.41) is 10.8. The molecular formula is C13H12Cl2N4O2. The molecule has 0 aliphatic carbocycles. The summed E-state index contributed by atoms with van der Waals surface area (Å²) >= 11 is 11.7. The number of carbonyl (C=O) groups is 1. The van der Waals surface area contributed by atoms with Gasteiger partial charge in [0.05, 0.1) is 15.7 Å². The normalized spacial score (nSPS) is 10.2. The van der Waals surface area contributed by atoms with Gasteiger partial charge in [-0.1, -0.05) is 23.2 Å². The van der Waals surface area contributed by atoms with Crippen molar-refractivity contribution >= 4 is 34.8 Å². The first-order chi connectivity index (χ1) is 10.0. The second-order valence-electron chi connectivity index (χ2n) is 4.02. The van der Waals surface area contributed by atoms with Crippen molar-refractivity contribution < 1.29 is 9.53 Å². The zero-order valence-corrected chi connectivity index (χ0v) is 12.6. The van der Waals surface area contributed by atoms with Gasteiger partial charge in [0.15, 0.2) is 11.4 Å². The summed E-state index contributed by atoms with van der Waals surface area (Å²) in [6, 6.07) is 5.98. The molecule has 0 saturated carbocycles. The second-order valence-corrected chi connectivity index (χ2v) is 4.84. The van der Waals surface area contributed by atoms with Crippen LogP contribution in [0.3, 0.4) is 0 Å². The predicted octanol–water partition coefficient (Wildman–Crippen LogP) is 2.91. The molecule has 0 fully saturated rings. The van der Waals surface area contributed by atoms with Gasteiger partial charge in [-0.05, 0) is 19.1 Å². The smallest absolute Gasteiger partial charge is 0.271 e. The molecule has 0 spiro atoms. The van der Waals surface area contributed by atoms with Crippen LogP contribution in [0.15, 0.2) is 24.3 Å². The highest BCUT2D eigenvalue weighted by Crippen LogP contribution is 2.34. The molecule has 110 valence electrons. The van der Waals surface area contributed by atoms with Crippen LogP contribution in [0.2, 0.25) is 10.0 Å². The van der Waals surface area contributed by atoms with Crippen molar-refractivity contribution in [2.24, 2.45) is 0 Å². The fourth-order valence-electron chi connectivity index (χ4n) is 1.49. The molecule has 8 heteroatoms. The molecule has 0 atom stereocenters. The Balaban J connectivity index is 2.17. The number of nitrogens with two attached hydrogens (primary N) is 1. The number of anilines is 1. The highest BCUT2D eigenvalue weighted by molar-refractivity contribution is 6.42. The van der Waals surface area contributed by atoms with Gasteiger partial charge >= 0.3 is 0 Å². The number of rotatable bonds is 4. The van der Waals surface area contributed by atoms with E-state index in [1.165, 1.54) is 24.3 Å². The summed E-state index contributed by atoms with van der Waals surface area (Å²) in [6.07, 6.45) is 0. The molecule has 0 aliphatic heterocycles. The number of aromatic nitrogens is 2. The van der Waals surface area contributed by atoms with Crippen LogP contribution in [-0.4, -0.2) is 22.6 Å². The number of nitrogen functional groups attached to an aromatic ring is 1. The molecule has 0 unspecified atom stereocenters. The number of ether oxygens (including phenoxy) is 1. The molecule has 2 rings (SSSR count). The number of hydrogen-bond acceptors (Lipinski definition) is 5. The fourth-order valence-corrected chi connectivity index (χ4v) is 1.82. The van der Waals surface area contributed by atoms with Gasteiger partial charge in [0.2, 0.25) is 5.88 Å². The maximum absolute atomic E-state index is 11.5. The van der Waals surface area contributed by atoms with Gasteiger partial charge in [-0.25, -0.2) is 0 Å². The maximum Gasteiger partial charge on any atom is 0.271 e. The first-order valence-electron chi connectivity index (χ1n) is 6.05. The summed E-state index contributed by atoms with van der Waals surface area (Å²) in [6.45, 7) is 2.33. The minimum Gasteiger partial charge on any atom is -0.435 e. The van der Waals surface area contributed by atoms with E-state index in [2.05, 4.69) is 15.5 Å². The van der Waals surface area contributed by atoms with Crippen LogP contribution in [0.25, 0.3) is 0 Å². The molecule has 1 heterocycles. The summed E-state index contributed by atoms with van der Waals surface area (Å²) < 4.78 is 5.47. The van der Waals surface area contributed by atoms with Crippen molar-refractivity contribution in [1.29, 1.82) is 0 Å². The second kappa shape index (κ2) is 6.60. The quantitative estimate of drug-likeness (QED) is 0.843. The minimum absolute atomic E-state index is 0.188. The van der Waals surface area contributed by atoms with Crippen molar-refractivity contribution in [2.75, 3.05) is 12.3 Å². The molecule has 3 N–H and O–H groups in total. The Morgan fingerprint density at radius 3 is 2.62 bits per heavy atom. The maximum atomic E-state index is 11.5. The first-order valence-corrected chi connectivity index (χ1v) is 6.81. The topological polar surface area (TPSA) is 90.1 Å². The van der Waals surface area contributed by atoms with Crippen molar-refractivity contribution in [2.45, 2.75) is 6.92 Å². The van der Waals surface area contributed by atoms with E-state index in [0.29, 0.717) is 28.0 Å². The molecule has 1 amide bonds. The number of benzene rings is 1. The van der Waals surface area contributed by atoms with E-state index >= 15 is 0 Å². The number of carbonyl (C=O) groups excluding carboxylic acids is 1. The van der Waals surface area contributed by atoms with E-state index in [1.54, 1.807) is 0 Å². The van der Waals surface area contributed by atoms with Crippen LogP contribution in [-0.2, 0) is 0 Å². The lowest BCUT2D eigenvalue weighted by Crippen LogP contribution is -2.23. The molecule has 1 aromatic heterocycles. The largest absolute Gasteiger partial charge is 0.435 e. The predicted molar refractivity (Wildman–Crippen MR) is 81.0 cm³/mol. The van der Waals surface area contributed by atoms with Gasteiger partial charge < -0.3 is 15.8 Å². The van der Waals surface area contributed by atoms with E-state index < -0.39 is 0 Å². The van der Waals surface area contributed by atoms with E-state index in [4.69, 9.17) is 33.7 Å². The molecule has 0 aliphatic rings. The Kier molecular flexibility index (Phi) is 4.82. The summed E-state index contributed by atoms with van der Waals surface area (Å²) in [7, 11) is 0. The number of halogens is 2. The molecule has 2 aromatic rings. The zero-order valence-electron chi connectivity index (χ0n) is 11.1. The summed E-state index contributed by atoms with van der Waals surface area (Å²) in [5.74, 6) is 0.197. The lowest BCUT2D eigenvalue weighted by atomic mass is 10.3. The van der Waals surface area contributed by atoms with Crippen LogP contribution in [0.5, 0.6) is 11.6 Å². The van der Waals surface area contributed by atoms with E-state index in [1.807, 2.05) is 6.92 Å². The first kappa shape index (κ1) is 15.3. The van der Waals surface area contributed by atoms with Gasteiger partial charge in [0.25, 0.3) is 5.91 Å². The van der Waals surface area contributed by atoms with Crippen molar-refractivity contribution in [3.05, 3.63) is 40.0 Å². The van der Waals surface area contributed by atoms with E-state index in [-0.39, 0.29) is 17.5 Å². The highest BCUT2D eigenvalue weighted by atomic mass is 35.5. The van der Waals surface area contributed by atoms with Crippen LogP contribution in [0.4, 0.5) is 5.69 Å². The van der Waals surface area contributed by atoms with Crippen LogP contribution in [0, 0.1) is 0 Å². The van der Waals surface area contributed by atoms with E-state index in [0.717, 1.165) is 0 Å². The summed E-state index contributed by atoms with van der Waals surface area (Å²) in [4.78, 5) is 11.5. The number of amides is 1. The van der Waals surface area contributed by atoms with Crippen molar-refractivity contribution in [3.8, 4) is 11.6 Å².